The van der Waals surface area contributed by atoms with Crippen molar-refractivity contribution in [2.75, 3.05) is 19.8 Å². The maximum atomic E-state index is 12.2. The maximum Gasteiger partial charge on any atom is 0.364 e. The summed E-state index contributed by atoms with van der Waals surface area (Å²) in [7, 11) is 0. The van der Waals surface area contributed by atoms with Crippen molar-refractivity contribution in [3.05, 3.63) is 0 Å². The molecule has 0 aromatic carbocycles. The van der Waals surface area contributed by atoms with Crippen molar-refractivity contribution in [3.63, 3.8) is 0 Å². The average molecular weight is 592 g/mol. The number of hydrogen-bond acceptors (Lipinski definition) is 18. The van der Waals surface area contributed by atoms with E-state index in [1.54, 1.807) is 0 Å². The summed E-state index contributed by atoms with van der Waals surface area (Å²) < 4.78 is 26.5. The van der Waals surface area contributed by atoms with Crippen molar-refractivity contribution in [1.82, 2.24) is 0 Å². The van der Waals surface area contributed by atoms with Crippen LogP contribution in [0.15, 0.2) is 0 Å². The fourth-order valence-electron chi connectivity index (χ4n) is 4.67. The van der Waals surface area contributed by atoms with Crippen molar-refractivity contribution in [1.29, 1.82) is 0 Å². The van der Waals surface area contributed by atoms with Crippen LogP contribution in [-0.2, 0) is 28.5 Å². The zero-order valence-corrected chi connectivity index (χ0v) is 20.9. The fourth-order valence-corrected chi connectivity index (χ4v) is 4.67. The summed E-state index contributed by atoms with van der Waals surface area (Å²) in [6, 6.07) is -1.42. The molecule has 1 unspecified atom stereocenters. The molecule has 0 bridgehead atoms. The number of aliphatic hydroxyl groups is 11. The van der Waals surface area contributed by atoms with Crippen LogP contribution in [0.2, 0.25) is 0 Å². The normalized spacial score (nSPS) is 48.0. The largest absolute Gasteiger partial charge is 0.477 e. The molecule has 3 aliphatic rings. The van der Waals surface area contributed by atoms with E-state index in [1.165, 1.54) is 0 Å². The lowest BCUT2D eigenvalue weighted by atomic mass is 9.89. The highest BCUT2D eigenvalue weighted by Crippen LogP contribution is 2.34. The third-order valence-corrected chi connectivity index (χ3v) is 7.15. The lowest BCUT2D eigenvalue weighted by Gasteiger charge is -2.47. The van der Waals surface area contributed by atoms with Gasteiger partial charge in [-0.05, 0) is 0 Å². The minimum absolute atomic E-state index is 0.806. The molecule has 16 atom stereocenters. The second kappa shape index (κ2) is 13.4. The van der Waals surface area contributed by atoms with Gasteiger partial charge in [0.05, 0.1) is 32.0 Å². The highest BCUT2D eigenvalue weighted by Gasteiger charge is 2.56. The Morgan fingerprint density at radius 1 is 0.925 bits per heavy atom. The molecule has 3 heterocycles. The van der Waals surface area contributed by atoms with E-state index in [0.29, 0.717) is 0 Å². The van der Waals surface area contributed by atoms with E-state index in [2.05, 4.69) is 0 Å². The van der Waals surface area contributed by atoms with Gasteiger partial charge in [0.25, 0.3) is 5.79 Å². The molecule has 0 amide bonds. The third-order valence-electron chi connectivity index (χ3n) is 7.15. The summed E-state index contributed by atoms with van der Waals surface area (Å²) in [6.07, 6.45) is -26.2. The molecule has 0 aromatic heterocycles. The molecular weight excluding hydrogens is 554 g/mol. The van der Waals surface area contributed by atoms with Crippen LogP contribution in [-0.4, -0.2) is 185 Å². The number of aliphatic carboxylic acids is 1. The summed E-state index contributed by atoms with van der Waals surface area (Å²) >= 11 is 0. The van der Waals surface area contributed by atoms with E-state index in [-0.39, 0.29) is 0 Å². The van der Waals surface area contributed by atoms with Gasteiger partial charge in [-0.1, -0.05) is 0 Å². The second-order valence-corrected chi connectivity index (χ2v) is 9.89. The fraction of sp³-hybridized carbons (Fsp3) is 0.952. The quantitative estimate of drug-likeness (QED) is 0.112. The minimum atomic E-state index is -2.74. The number of carboxylic acid groups (broad SMARTS) is 1. The molecule has 0 aliphatic carbocycles. The summed E-state index contributed by atoms with van der Waals surface area (Å²) in [6.45, 7) is -2.70. The Kier molecular flexibility index (Phi) is 11.2. The van der Waals surface area contributed by atoms with Crippen molar-refractivity contribution in [2.24, 2.45) is 5.73 Å². The van der Waals surface area contributed by atoms with E-state index in [9.17, 15) is 61.0 Å². The van der Waals surface area contributed by atoms with Crippen molar-refractivity contribution >= 4 is 5.97 Å². The summed E-state index contributed by atoms with van der Waals surface area (Å²) in [5.41, 5.74) is 5.79. The molecule has 3 saturated heterocycles. The Bertz CT molecular complexity index is 837. The number of rotatable bonds is 10. The zero-order valence-electron chi connectivity index (χ0n) is 20.9. The molecule has 3 fully saturated rings. The molecule has 234 valence electrons. The number of aliphatic hydroxyl groups excluding tert-OH is 11. The number of carboxylic acids is 1. The lowest BCUT2D eigenvalue weighted by Crippen LogP contribution is -2.67. The van der Waals surface area contributed by atoms with Gasteiger partial charge < -0.3 is 90.7 Å². The Hall–Kier alpha value is -1.21. The van der Waals surface area contributed by atoms with Gasteiger partial charge in [-0.3, -0.25) is 0 Å². The third kappa shape index (κ3) is 6.55. The molecule has 0 spiro atoms. The van der Waals surface area contributed by atoms with Gasteiger partial charge in [0.15, 0.2) is 12.6 Å². The Morgan fingerprint density at radius 3 is 2.15 bits per heavy atom. The molecule has 14 N–H and O–H groups in total. The Labute approximate surface area is 226 Å². The van der Waals surface area contributed by atoms with E-state index >= 15 is 0 Å². The van der Waals surface area contributed by atoms with Gasteiger partial charge in [-0.2, -0.15) is 0 Å². The van der Waals surface area contributed by atoms with Gasteiger partial charge in [0.2, 0.25) is 0 Å². The maximum absolute atomic E-state index is 12.2. The van der Waals surface area contributed by atoms with Crippen LogP contribution in [0, 0.1) is 0 Å². The first-order valence-electron chi connectivity index (χ1n) is 12.3. The first-order valence-corrected chi connectivity index (χ1v) is 12.3. The molecule has 19 heteroatoms. The van der Waals surface area contributed by atoms with Gasteiger partial charge >= 0.3 is 5.97 Å². The van der Waals surface area contributed by atoms with Crippen LogP contribution in [0.1, 0.15) is 6.42 Å². The molecule has 40 heavy (non-hydrogen) atoms. The molecule has 0 saturated carbocycles. The van der Waals surface area contributed by atoms with Crippen LogP contribution >= 0.6 is 0 Å². The van der Waals surface area contributed by atoms with Crippen LogP contribution in [0.4, 0.5) is 0 Å². The van der Waals surface area contributed by atoms with E-state index in [4.69, 9.17) is 34.5 Å². The number of hydrogen-bond donors (Lipinski definition) is 13. The summed E-state index contributed by atoms with van der Waals surface area (Å²) in [5, 5.41) is 120. The van der Waals surface area contributed by atoms with Crippen molar-refractivity contribution in [3.8, 4) is 0 Å². The zero-order chi connectivity index (χ0) is 30.1. The minimum Gasteiger partial charge on any atom is -0.477 e. The summed E-state index contributed by atoms with van der Waals surface area (Å²) in [4.78, 5) is 12.2. The Morgan fingerprint density at radius 2 is 1.57 bits per heavy atom. The van der Waals surface area contributed by atoms with E-state index in [0.717, 1.165) is 0 Å². The lowest BCUT2D eigenvalue weighted by molar-refractivity contribution is -0.364. The Balaban J connectivity index is 1.77. The highest BCUT2D eigenvalue weighted by molar-refractivity contribution is 5.76. The van der Waals surface area contributed by atoms with Crippen LogP contribution in [0.3, 0.4) is 0 Å². The number of carbonyl (C=O) groups is 1. The van der Waals surface area contributed by atoms with Gasteiger partial charge in [-0.25, -0.2) is 4.79 Å². The SMILES string of the molecule is N[C@H]1[C@H]([C@H](O)[C@H](O)CO)O[C@@](OC[C@H]2O[C@@H](O[C@H]3[C@H](O)[C@@H](O)C(O)O[C@@H]3CO)[C@H](O)[C@@H](O)[C@H]2O)(C(=O)O)C[C@@H]1O. The van der Waals surface area contributed by atoms with Gasteiger partial charge in [-0.15, -0.1) is 0 Å². The number of ether oxygens (including phenoxy) is 5. The van der Waals surface area contributed by atoms with Crippen LogP contribution < -0.4 is 5.73 Å². The smallest absolute Gasteiger partial charge is 0.364 e. The average Bonchev–Trinajstić information content (AvgIpc) is 2.93. The first kappa shape index (κ1) is 33.3. The van der Waals surface area contributed by atoms with Crippen LogP contribution in [0.5, 0.6) is 0 Å². The highest BCUT2D eigenvalue weighted by atomic mass is 16.8. The van der Waals surface area contributed by atoms with E-state index in [1.807, 2.05) is 0 Å². The topological polar surface area (TPSA) is 332 Å². The van der Waals surface area contributed by atoms with E-state index < -0.39 is 130 Å². The van der Waals surface area contributed by atoms with Crippen molar-refractivity contribution in [2.45, 2.75) is 104 Å². The molecule has 0 radical (unpaired) electrons. The van der Waals surface area contributed by atoms with Crippen molar-refractivity contribution < 1.29 is 89.8 Å². The van der Waals surface area contributed by atoms with Gasteiger partial charge in [0.1, 0.15) is 67.1 Å². The molecular formula is C21H37NO18. The predicted molar refractivity (Wildman–Crippen MR) is 120 cm³/mol. The molecule has 3 rings (SSSR count). The number of nitrogens with two attached hydrogens (primary N) is 1. The molecule has 19 nitrogen and oxygen atoms in total. The second-order valence-electron chi connectivity index (χ2n) is 9.89. The first-order chi connectivity index (χ1) is 18.7. The van der Waals surface area contributed by atoms with Gasteiger partial charge in [0, 0.05) is 6.42 Å². The van der Waals surface area contributed by atoms with Crippen LogP contribution in [0.25, 0.3) is 0 Å². The standard InChI is InChI=1S/C21H37NO18/c22-9-5(25)1-21(20(34)35,40-17(9)10(27)6(26)2-23)36-4-8-11(28)12(29)15(32)19(38-8)39-16-7(3-24)37-18(33)14(31)13(16)30/h5-19,23-33H,1-4,22H2,(H,34,35)/t5-,6+,7+,8+,9+,10+,11-,12-,13+,14+,15+,16+,17+,18?,19-,21+/m0/s1. The molecule has 3 aliphatic heterocycles. The summed E-state index contributed by atoms with van der Waals surface area (Å²) in [5.74, 6) is -4.57. The monoisotopic (exact) mass is 591 g/mol. The predicted octanol–water partition coefficient (Wildman–Crippen LogP) is -8.40. The molecule has 0 aromatic rings.